The lowest BCUT2D eigenvalue weighted by atomic mass is 10.1. The van der Waals surface area contributed by atoms with Gasteiger partial charge in [-0.1, -0.05) is 12.8 Å². The van der Waals surface area contributed by atoms with Gasteiger partial charge in [-0.25, -0.2) is 13.2 Å². The summed E-state index contributed by atoms with van der Waals surface area (Å²) in [5, 5.41) is 12.3. The topological polar surface area (TPSA) is 83.5 Å². The first-order valence-corrected chi connectivity index (χ1v) is 8.53. The maximum atomic E-state index is 12.4. The van der Waals surface area contributed by atoms with Crippen LogP contribution in [0.1, 0.15) is 41.6 Å². The normalized spacial score (nSPS) is 20.3. The molecule has 1 saturated carbocycles. The molecule has 0 unspecified atom stereocenters. The Morgan fingerprint density at radius 3 is 2.67 bits per heavy atom. The molecule has 5 nitrogen and oxygen atoms in total. The Morgan fingerprint density at radius 1 is 1.29 bits per heavy atom. The summed E-state index contributed by atoms with van der Waals surface area (Å²) in [6, 6.07) is 4.52. The molecule has 2 aliphatic rings. The summed E-state index contributed by atoms with van der Waals surface area (Å²) in [5.41, 5.74) is 0.573. The molecule has 1 heterocycles. The number of hydrogen-bond donors (Lipinski definition) is 2. The van der Waals surface area contributed by atoms with Crippen LogP contribution >= 0.6 is 0 Å². The van der Waals surface area contributed by atoms with E-state index in [1.165, 1.54) is 31.0 Å². The van der Waals surface area contributed by atoms with Gasteiger partial charge in [-0.15, -0.1) is 0 Å². The van der Waals surface area contributed by atoms with Crippen LogP contribution in [0.15, 0.2) is 28.0 Å². The fourth-order valence-corrected chi connectivity index (χ4v) is 4.47. The summed E-state index contributed by atoms with van der Waals surface area (Å²) in [6.45, 7) is 0.310. The molecule has 6 heteroatoms. The number of nitrogens with one attached hydrogen (secondary N) is 1. The van der Waals surface area contributed by atoms with Gasteiger partial charge < -0.3 is 10.4 Å². The van der Waals surface area contributed by atoms with Gasteiger partial charge in [0, 0.05) is 12.6 Å². The number of benzene rings is 1. The van der Waals surface area contributed by atoms with E-state index in [-0.39, 0.29) is 10.5 Å². The minimum Gasteiger partial charge on any atom is -0.478 e. The molecule has 0 atom stereocenters. The molecule has 0 spiro atoms. The van der Waals surface area contributed by atoms with Crippen molar-refractivity contribution in [3.05, 3.63) is 34.2 Å². The smallest absolute Gasteiger partial charge is 0.335 e. The average molecular weight is 307 g/mol. The molecule has 0 bridgehead atoms. The number of carboxylic acid groups (broad SMARTS) is 1. The second-order valence-corrected chi connectivity index (χ2v) is 7.51. The highest BCUT2D eigenvalue weighted by atomic mass is 32.2. The standard InChI is InChI=1S/C15H17NO4S/c17-15(18)10-5-6-14-11(7-10)8-13(21(14,19)20)9-16-12-3-1-2-4-12/h5-8,12,16H,1-4,9H2,(H,17,18). The first-order valence-electron chi connectivity index (χ1n) is 7.05. The number of carbonyl (C=O) groups is 1. The number of rotatable bonds is 4. The first kappa shape index (κ1) is 14.3. The molecular weight excluding hydrogens is 290 g/mol. The van der Waals surface area contributed by atoms with E-state index >= 15 is 0 Å². The maximum absolute atomic E-state index is 12.4. The Balaban J connectivity index is 1.84. The zero-order valence-electron chi connectivity index (χ0n) is 11.5. The highest BCUT2D eigenvalue weighted by Crippen LogP contribution is 2.33. The summed E-state index contributed by atoms with van der Waals surface area (Å²) in [5.74, 6) is -1.05. The molecule has 0 saturated heterocycles. The Kier molecular flexibility index (Phi) is 3.59. The van der Waals surface area contributed by atoms with Crippen LogP contribution in [0.4, 0.5) is 0 Å². The quantitative estimate of drug-likeness (QED) is 0.889. The third kappa shape index (κ3) is 2.61. The first-order chi connectivity index (χ1) is 9.98. The predicted octanol–water partition coefficient (Wildman–Crippen LogP) is 2.05. The highest BCUT2D eigenvalue weighted by Gasteiger charge is 2.30. The Hall–Kier alpha value is -1.66. The van der Waals surface area contributed by atoms with Crippen LogP contribution < -0.4 is 5.32 Å². The van der Waals surface area contributed by atoms with Crippen LogP contribution in [-0.2, 0) is 9.84 Å². The van der Waals surface area contributed by atoms with Gasteiger partial charge in [0.2, 0.25) is 9.84 Å². The second-order valence-electron chi connectivity index (χ2n) is 5.53. The van der Waals surface area contributed by atoms with Crippen LogP contribution in [0.2, 0.25) is 0 Å². The summed E-state index contributed by atoms with van der Waals surface area (Å²) in [7, 11) is -3.47. The number of sulfone groups is 1. The summed E-state index contributed by atoms with van der Waals surface area (Å²) in [6.07, 6.45) is 6.13. The van der Waals surface area contributed by atoms with Crippen molar-refractivity contribution in [1.82, 2.24) is 5.32 Å². The molecule has 0 radical (unpaired) electrons. The van der Waals surface area contributed by atoms with Gasteiger partial charge in [0.15, 0.2) is 0 Å². The van der Waals surface area contributed by atoms with Crippen LogP contribution in [0.5, 0.6) is 0 Å². The van der Waals surface area contributed by atoms with Crippen molar-refractivity contribution in [2.45, 2.75) is 36.6 Å². The monoisotopic (exact) mass is 307 g/mol. The van der Waals surface area contributed by atoms with Gasteiger partial charge in [-0.3, -0.25) is 0 Å². The molecule has 1 aliphatic carbocycles. The molecule has 3 rings (SSSR count). The van der Waals surface area contributed by atoms with Crippen molar-refractivity contribution in [2.24, 2.45) is 0 Å². The van der Waals surface area contributed by atoms with Crippen LogP contribution in [0.25, 0.3) is 6.08 Å². The summed E-state index contributed by atoms with van der Waals surface area (Å²) >= 11 is 0. The molecular formula is C15H17NO4S. The number of carboxylic acids is 1. The molecule has 1 aromatic rings. The van der Waals surface area contributed by atoms with Gasteiger partial charge >= 0.3 is 5.97 Å². The minimum atomic E-state index is -3.47. The van der Waals surface area contributed by atoms with Crippen molar-refractivity contribution in [2.75, 3.05) is 6.54 Å². The fraction of sp³-hybridized carbons (Fsp3) is 0.400. The number of fused-ring (bicyclic) bond motifs is 1. The maximum Gasteiger partial charge on any atom is 0.335 e. The van der Waals surface area contributed by atoms with Crippen LogP contribution in [-0.4, -0.2) is 32.1 Å². The molecule has 1 aliphatic heterocycles. The van der Waals surface area contributed by atoms with E-state index in [9.17, 15) is 13.2 Å². The van der Waals surface area contributed by atoms with Gasteiger partial charge in [-0.05, 0) is 42.7 Å². The van der Waals surface area contributed by atoms with Gasteiger partial charge in [0.25, 0.3) is 0 Å². The van der Waals surface area contributed by atoms with Gasteiger partial charge in [-0.2, -0.15) is 0 Å². The highest BCUT2D eigenvalue weighted by molar-refractivity contribution is 7.95. The minimum absolute atomic E-state index is 0.102. The van der Waals surface area contributed by atoms with Crippen molar-refractivity contribution >= 4 is 21.9 Å². The lowest BCUT2D eigenvalue weighted by Gasteiger charge is -2.12. The molecule has 112 valence electrons. The van der Waals surface area contributed by atoms with Gasteiger partial charge in [0.05, 0.1) is 15.4 Å². The molecule has 0 aromatic heterocycles. The molecule has 0 amide bonds. The SMILES string of the molecule is O=C(O)c1ccc2c(c1)C=C(CNC1CCCC1)S2(=O)=O. The van der Waals surface area contributed by atoms with Crippen molar-refractivity contribution < 1.29 is 18.3 Å². The van der Waals surface area contributed by atoms with E-state index in [1.54, 1.807) is 6.08 Å². The van der Waals surface area contributed by atoms with Crippen molar-refractivity contribution in [1.29, 1.82) is 0 Å². The van der Waals surface area contributed by atoms with E-state index in [0.717, 1.165) is 12.8 Å². The fourth-order valence-electron chi connectivity index (χ4n) is 2.95. The third-order valence-electron chi connectivity index (χ3n) is 4.13. The van der Waals surface area contributed by atoms with E-state index in [0.29, 0.717) is 23.1 Å². The third-order valence-corrected chi connectivity index (χ3v) is 6.03. The molecule has 21 heavy (non-hydrogen) atoms. The van der Waals surface area contributed by atoms with E-state index in [1.807, 2.05) is 0 Å². The summed E-state index contributed by atoms with van der Waals surface area (Å²) in [4.78, 5) is 11.5. The van der Waals surface area contributed by atoms with E-state index in [2.05, 4.69) is 5.32 Å². The zero-order chi connectivity index (χ0) is 15.0. The summed E-state index contributed by atoms with van der Waals surface area (Å²) < 4.78 is 24.8. The van der Waals surface area contributed by atoms with Crippen molar-refractivity contribution in [3.63, 3.8) is 0 Å². The predicted molar refractivity (Wildman–Crippen MR) is 78.8 cm³/mol. The average Bonchev–Trinajstić information content (AvgIpc) is 3.03. The second kappa shape index (κ2) is 5.27. The molecule has 1 aromatic carbocycles. The lowest BCUT2D eigenvalue weighted by molar-refractivity contribution is 0.0696. The van der Waals surface area contributed by atoms with Crippen LogP contribution in [0, 0.1) is 0 Å². The van der Waals surface area contributed by atoms with Crippen LogP contribution in [0.3, 0.4) is 0 Å². The van der Waals surface area contributed by atoms with E-state index in [4.69, 9.17) is 5.11 Å². The van der Waals surface area contributed by atoms with Gasteiger partial charge in [0.1, 0.15) is 0 Å². The van der Waals surface area contributed by atoms with E-state index < -0.39 is 15.8 Å². The molecule has 2 N–H and O–H groups in total. The largest absolute Gasteiger partial charge is 0.478 e. The Labute approximate surface area is 123 Å². The van der Waals surface area contributed by atoms with Crippen molar-refractivity contribution in [3.8, 4) is 0 Å². The zero-order valence-corrected chi connectivity index (χ0v) is 12.3. The Morgan fingerprint density at radius 2 is 2.00 bits per heavy atom. The Bertz CT molecular complexity index is 715. The number of aromatic carboxylic acids is 1. The number of hydrogen-bond acceptors (Lipinski definition) is 4. The lowest BCUT2D eigenvalue weighted by Crippen LogP contribution is -2.29. The molecule has 1 fully saturated rings.